The third-order valence-electron chi connectivity index (χ3n) is 7.14. The maximum atomic E-state index is 12.6. The maximum absolute atomic E-state index is 12.6. The molecule has 2 amide bonds. The lowest BCUT2D eigenvalue weighted by Crippen LogP contribution is -2.43. The highest BCUT2D eigenvalue weighted by Crippen LogP contribution is 2.40. The quantitative estimate of drug-likeness (QED) is 0.276. The van der Waals surface area contributed by atoms with Crippen molar-refractivity contribution in [2.24, 2.45) is 5.92 Å². The smallest absolute Gasteiger partial charge is 0.475 e. The molecule has 212 valence electrons. The molecule has 1 heterocycles. The van der Waals surface area contributed by atoms with Gasteiger partial charge in [-0.25, -0.2) is 10.3 Å². The largest absolute Gasteiger partial charge is 0.490 e. The van der Waals surface area contributed by atoms with E-state index in [1.165, 1.54) is 17.5 Å². The molecule has 2 aliphatic rings. The highest BCUT2D eigenvalue weighted by Gasteiger charge is 2.39. The number of halogens is 3. The van der Waals surface area contributed by atoms with Crippen LogP contribution in [0.3, 0.4) is 0 Å². The van der Waals surface area contributed by atoms with Crippen molar-refractivity contribution in [1.82, 2.24) is 15.7 Å². The molecule has 39 heavy (non-hydrogen) atoms. The van der Waals surface area contributed by atoms with E-state index in [9.17, 15) is 22.8 Å². The summed E-state index contributed by atoms with van der Waals surface area (Å²) >= 11 is 0. The SMILES string of the molecule is O=C(NO)c1ccc(CCCC2CCN(C(=O)CNC3CC3c3ccccc3)CC2)cc1.O=C(O)C(F)(F)F. The van der Waals surface area contributed by atoms with Crippen molar-refractivity contribution in [2.45, 2.75) is 56.7 Å². The van der Waals surface area contributed by atoms with Gasteiger partial charge in [0.1, 0.15) is 0 Å². The zero-order valence-corrected chi connectivity index (χ0v) is 21.5. The van der Waals surface area contributed by atoms with Crippen LogP contribution < -0.4 is 10.8 Å². The van der Waals surface area contributed by atoms with E-state index < -0.39 is 18.1 Å². The molecule has 2 aromatic rings. The van der Waals surface area contributed by atoms with Gasteiger partial charge in [0.25, 0.3) is 5.91 Å². The van der Waals surface area contributed by atoms with Gasteiger partial charge in [-0.3, -0.25) is 14.8 Å². The van der Waals surface area contributed by atoms with E-state index >= 15 is 0 Å². The molecule has 2 unspecified atom stereocenters. The van der Waals surface area contributed by atoms with Crippen molar-refractivity contribution >= 4 is 17.8 Å². The zero-order valence-electron chi connectivity index (χ0n) is 21.5. The lowest BCUT2D eigenvalue weighted by molar-refractivity contribution is -0.192. The zero-order chi connectivity index (χ0) is 28.4. The predicted molar refractivity (Wildman–Crippen MR) is 137 cm³/mol. The van der Waals surface area contributed by atoms with Crippen LogP contribution in [-0.2, 0) is 16.0 Å². The van der Waals surface area contributed by atoms with Gasteiger partial charge in [0, 0.05) is 30.6 Å². The first-order valence-corrected chi connectivity index (χ1v) is 13.0. The topological polar surface area (TPSA) is 119 Å². The Morgan fingerprint density at radius 2 is 1.59 bits per heavy atom. The van der Waals surface area contributed by atoms with Crippen LogP contribution in [0, 0.1) is 5.92 Å². The second-order valence-electron chi connectivity index (χ2n) is 9.90. The summed E-state index contributed by atoms with van der Waals surface area (Å²) in [6.45, 7) is 2.18. The lowest BCUT2D eigenvalue weighted by atomic mass is 9.90. The molecule has 2 atom stereocenters. The number of carboxylic acid groups (broad SMARTS) is 1. The van der Waals surface area contributed by atoms with E-state index in [0.29, 0.717) is 30.0 Å². The Morgan fingerprint density at radius 3 is 2.15 bits per heavy atom. The molecule has 0 radical (unpaired) electrons. The number of alkyl halides is 3. The summed E-state index contributed by atoms with van der Waals surface area (Å²) in [5, 5.41) is 19.3. The van der Waals surface area contributed by atoms with Crippen molar-refractivity contribution in [3.63, 3.8) is 0 Å². The number of carbonyl (C=O) groups is 3. The Hall–Kier alpha value is -3.44. The number of carbonyl (C=O) groups excluding carboxylic acids is 2. The van der Waals surface area contributed by atoms with Crippen molar-refractivity contribution < 1.29 is 37.9 Å². The standard InChI is InChI=1S/C26H33N3O3.C2HF3O2/c30-25(18-27-24-17-23(24)21-7-2-1-3-8-21)29-15-13-20(14-16-29)6-4-5-19-9-11-22(12-10-19)26(31)28-32;3-2(4,5)1(6)7/h1-3,7-12,20,23-24,27,32H,4-6,13-18H2,(H,28,31);(H,6,7). The van der Waals surface area contributed by atoms with Crippen molar-refractivity contribution in [3.8, 4) is 0 Å². The molecule has 11 heteroatoms. The second-order valence-corrected chi connectivity index (χ2v) is 9.90. The normalized spacial score (nSPS) is 19.0. The monoisotopic (exact) mass is 549 g/mol. The first-order valence-electron chi connectivity index (χ1n) is 13.0. The molecular weight excluding hydrogens is 515 g/mol. The number of carboxylic acids is 1. The van der Waals surface area contributed by atoms with Crippen LogP contribution in [0.4, 0.5) is 13.2 Å². The summed E-state index contributed by atoms with van der Waals surface area (Å²) < 4.78 is 31.7. The van der Waals surface area contributed by atoms with Crippen LogP contribution in [0.1, 0.15) is 59.5 Å². The number of piperidine rings is 1. The fourth-order valence-electron chi connectivity index (χ4n) is 4.77. The van der Waals surface area contributed by atoms with Gasteiger partial charge >= 0.3 is 12.1 Å². The number of nitrogens with one attached hydrogen (secondary N) is 2. The fraction of sp³-hybridized carbons (Fsp3) is 0.464. The number of hydrogen-bond donors (Lipinski definition) is 4. The Kier molecular flexibility index (Phi) is 10.9. The molecule has 1 aliphatic heterocycles. The molecule has 0 bridgehead atoms. The van der Waals surface area contributed by atoms with Gasteiger partial charge in [0.15, 0.2) is 0 Å². The van der Waals surface area contributed by atoms with Gasteiger partial charge in [-0.1, -0.05) is 42.5 Å². The number of aryl methyl sites for hydroxylation is 1. The second kappa shape index (κ2) is 14.1. The van der Waals surface area contributed by atoms with Gasteiger partial charge in [-0.2, -0.15) is 13.2 Å². The molecular formula is C28H34F3N3O5. The average Bonchev–Trinajstić information content (AvgIpc) is 3.72. The van der Waals surface area contributed by atoms with E-state index in [0.717, 1.165) is 45.2 Å². The van der Waals surface area contributed by atoms with Crippen molar-refractivity contribution in [3.05, 3.63) is 71.3 Å². The minimum absolute atomic E-state index is 0.231. The molecule has 0 spiro atoms. The molecule has 4 rings (SSSR count). The van der Waals surface area contributed by atoms with E-state index in [-0.39, 0.29) is 5.91 Å². The molecule has 2 fully saturated rings. The summed E-state index contributed by atoms with van der Waals surface area (Å²) in [6.07, 6.45) is 1.45. The molecule has 1 aliphatic carbocycles. The number of nitrogens with zero attached hydrogens (tertiary/aromatic N) is 1. The van der Waals surface area contributed by atoms with Crippen LogP contribution in [0.15, 0.2) is 54.6 Å². The third-order valence-corrected chi connectivity index (χ3v) is 7.14. The Bertz CT molecular complexity index is 1090. The minimum Gasteiger partial charge on any atom is -0.475 e. The number of hydroxylamine groups is 1. The van der Waals surface area contributed by atoms with Gasteiger partial charge in [0.2, 0.25) is 5.91 Å². The Morgan fingerprint density at radius 1 is 0.974 bits per heavy atom. The van der Waals surface area contributed by atoms with Crippen LogP contribution in [0.5, 0.6) is 0 Å². The lowest BCUT2D eigenvalue weighted by Gasteiger charge is -2.32. The van der Waals surface area contributed by atoms with Crippen LogP contribution in [0.25, 0.3) is 0 Å². The van der Waals surface area contributed by atoms with Crippen molar-refractivity contribution in [1.29, 1.82) is 0 Å². The number of benzene rings is 2. The van der Waals surface area contributed by atoms with E-state index in [1.807, 2.05) is 23.1 Å². The van der Waals surface area contributed by atoms with E-state index in [4.69, 9.17) is 15.1 Å². The first-order chi connectivity index (χ1) is 18.6. The van der Waals surface area contributed by atoms with E-state index in [2.05, 4.69) is 29.6 Å². The fourth-order valence-corrected chi connectivity index (χ4v) is 4.77. The van der Waals surface area contributed by atoms with Crippen LogP contribution in [0.2, 0.25) is 0 Å². The number of likely N-dealkylation sites (tertiary alicyclic amines) is 1. The predicted octanol–water partition coefficient (Wildman–Crippen LogP) is 4.15. The van der Waals surface area contributed by atoms with Crippen LogP contribution in [-0.4, -0.2) is 64.8 Å². The third kappa shape index (κ3) is 9.67. The number of hydrogen-bond acceptors (Lipinski definition) is 5. The number of aliphatic carboxylic acids is 1. The Balaban J connectivity index is 0.000000532. The van der Waals surface area contributed by atoms with Crippen LogP contribution >= 0.6 is 0 Å². The molecule has 8 nitrogen and oxygen atoms in total. The van der Waals surface area contributed by atoms with E-state index in [1.54, 1.807) is 17.6 Å². The molecule has 4 N–H and O–H groups in total. The molecule has 0 aromatic heterocycles. The molecule has 1 saturated carbocycles. The van der Waals surface area contributed by atoms with Gasteiger partial charge in [0.05, 0.1) is 6.54 Å². The number of amides is 2. The minimum atomic E-state index is -5.08. The highest BCUT2D eigenvalue weighted by atomic mass is 19.4. The summed E-state index contributed by atoms with van der Waals surface area (Å²) in [5.41, 5.74) is 4.68. The van der Waals surface area contributed by atoms with Gasteiger partial charge in [-0.05, 0) is 67.7 Å². The molecule has 2 aromatic carbocycles. The van der Waals surface area contributed by atoms with Gasteiger partial charge < -0.3 is 15.3 Å². The summed E-state index contributed by atoms with van der Waals surface area (Å²) in [5.74, 6) is -1.78. The van der Waals surface area contributed by atoms with Crippen molar-refractivity contribution in [2.75, 3.05) is 19.6 Å². The first kappa shape index (κ1) is 30.1. The van der Waals surface area contributed by atoms with Gasteiger partial charge in [-0.15, -0.1) is 0 Å². The molecule has 1 saturated heterocycles. The highest BCUT2D eigenvalue weighted by molar-refractivity contribution is 5.93. The number of rotatable bonds is 9. The summed E-state index contributed by atoms with van der Waals surface area (Å²) in [4.78, 5) is 34.9. The summed E-state index contributed by atoms with van der Waals surface area (Å²) in [7, 11) is 0. The summed E-state index contributed by atoms with van der Waals surface area (Å²) in [6, 6.07) is 18.3. The Labute approximate surface area is 225 Å². The average molecular weight is 550 g/mol. The maximum Gasteiger partial charge on any atom is 0.490 e.